The summed E-state index contributed by atoms with van der Waals surface area (Å²) in [6.07, 6.45) is 11.5. The maximum absolute atomic E-state index is 13.3. The molecule has 0 saturated heterocycles. The summed E-state index contributed by atoms with van der Waals surface area (Å²) in [5.41, 5.74) is 0.409. The zero-order valence-corrected chi connectivity index (χ0v) is 39.5. The van der Waals surface area contributed by atoms with Gasteiger partial charge in [-0.15, -0.1) is 0 Å². The van der Waals surface area contributed by atoms with Gasteiger partial charge in [0, 0.05) is 12.2 Å². The second-order valence-corrected chi connectivity index (χ2v) is 16.2. The number of carbonyl (C=O) groups excluding carboxylic acids is 9. The molecule has 2 aliphatic carbocycles. The predicted octanol–water partition coefficient (Wildman–Crippen LogP) is 7.27. The molecule has 0 radical (unpaired) electrons. The minimum absolute atomic E-state index is 0.0266. The topological polar surface area (TPSA) is 237 Å². The monoisotopic (exact) mass is 972 g/mol. The fourth-order valence-corrected chi connectivity index (χ4v) is 7.38. The van der Waals surface area contributed by atoms with Crippen molar-refractivity contribution >= 4 is 53.7 Å². The van der Waals surface area contributed by atoms with Gasteiger partial charge in [0.1, 0.15) is 29.4 Å². The average Bonchev–Trinajstić information content (AvgIpc) is 3.38. The zero-order valence-electron chi connectivity index (χ0n) is 39.5. The summed E-state index contributed by atoms with van der Waals surface area (Å²) < 4.78 is 47.4. The van der Waals surface area contributed by atoms with E-state index >= 15 is 0 Å². The minimum atomic E-state index is -0.827. The van der Waals surface area contributed by atoms with Gasteiger partial charge in [0.2, 0.25) is 0 Å². The van der Waals surface area contributed by atoms with Gasteiger partial charge in [0.15, 0.2) is 0 Å². The van der Waals surface area contributed by atoms with Crippen LogP contribution in [0.25, 0.3) is 0 Å². The van der Waals surface area contributed by atoms with Crippen molar-refractivity contribution in [2.24, 2.45) is 23.7 Å². The summed E-state index contributed by atoms with van der Waals surface area (Å²) in [7, 11) is 1.16. The van der Waals surface area contributed by atoms with Crippen LogP contribution in [-0.2, 0) is 62.0 Å². The van der Waals surface area contributed by atoms with Crippen molar-refractivity contribution in [2.45, 2.75) is 84.0 Å². The Kier molecular flexibility index (Phi) is 23.3. The van der Waals surface area contributed by atoms with E-state index in [2.05, 4.69) is 13.2 Å². The van der Waals surface area contributed by atoms with Gasteiger partial charge in [0.05, 0.1) is 68.3 Å². The molecule has 376 valence electrons. The lowest BCUT2D eigenvalue weighted by Gasteiger charge is -2.26. The molecule has 18 heteroatoms. The fraction of sp³-hybridized carbons (Fsp3) is 0.442. The number of esters is 9. The van der Waals surface area contributed by atoms with Crippen LogP contribution in [0.1, 0.15) is 105 Å². The maximum Gasteiger partial charge on any atom is 0.341 e. The van der Waals surface area contributed by atoms with Crippen molar-refractivity contribution in [3.63, 3.8) is 0 Å². The van der Waals surface area contributed by atoms with E-state index in [9.17, 15) is 43.2 Å². The Bertz CT molecular complexity index is 2240. The summed E-state index contributed by atoms with van der Waals surface area (Å²) in [4.78, 5) is 112. The molecule has 2 fully saturated rings. The molecule has 2 aliphatic rings. The molecule has 18 nitrogen and oxygen atoms in total. The first kappa shape index (κ1) is 55.2. The standard InChI is InChI=1S/C52H60O18/c1-5-34(46(55)65-30-10-8-28-63-44(53)6-2)13-12-32-67-47(56)35-14-16-39(17-15-35)51(60)70-43-27-26-41(33-42(43)52(61)62-4)69-50(59)38-20-18-37(19-21-38)49(58)68-40-24-22-36(23-25-40)48(57)66-31-11-9-29-64-45(54)7-3/h5-7,12-13,22-27,33,35,37-39H,2-3,8-11,14-21,28-32H2,1,4H3/b13-12-,34-5+. The van der Waals surface area contributed by atoms with E-state index in [1.807, 2.05) is 0 Å². The van der Waals surface area contributed by atoms with Crippen molar-refractivity contribution in [3.8, 4) is 17.2 Å². The third-order valence-corrected chi connectivity index (χ3v) is 11.4. The van der Waals surface area contributed by atoms with E-state index in [-0.39, 0.29) is 67.0 Å². The van der Waals surface area contributed by atoms with E-state index < -0.39 is 77.4 Å². The summed E-state index contributed by atoms with van der Waals surface area (Å²) in [5, 5.41) is 0. The van der Waals surface area contributed by atoms with Crippen LogP contribution >= 0.6 is 0 Å². The SMILES string of the molecule is C=CC(=O)OCCCCOC(=O)C(/C=C\COC(=O)C1CCC(C(=O)Oc2ccc(OC(=O)C3CCC(C(=O)Oc4ccc(C(=O)OCCCCOC(=O)C=C)cc4)CC3)cc2C(=O)OC)CC1)=C/C. The van der Waals surface area contributed by atoms with Gasteiger partial charge in [-0.3, -0.25) is 19.2 Å². The van der Waals surface area contributed by atoms with Crippen LogP contribution in [-0.4, -0.2) is 93.9 Å². The molecule has 2 aromatic rings. The molecule has 2 saturated carbocycles. The number of unbranched alkanes of at least 4 members (excludes halogenated alkanes) is 2. The molecule has 2 aromatic carbocycles. The van der Waals surface area contributed by atoms with Crippen LogP contribution < -0.4 is 14.2 Å². The van der Waals surface area contributed by atoms with Crippen molar-refractivity contribution in [1.29, 1.82) is 0 Å². The molecule has 0 bridgehead atoms. The first-order valence-electron chi connectivity index (χ1n) is 23.2. The molecular weight excluding hydrogens is 913 g/mol. The number of allylic oxidation sites excluding steroid dienone is 1. The molecule has 70 heavy (non-hydrogen) atoms. The van der Waals surface area contributed by atoms with Gasteiger partial charge in [-0.25, -0.2) is 24.0 Å². The summed E-state index contributed by atoms with van der Waals surface area (Å²) >= 11 is 0. The molecule has 4 rings (SSSR count). The van der Waals surface area contributed by atoms with E-state index in [4.69, 9.17) is 42.6 Å². The number of benzene rings is 2. The van der Waals surface area contributed by atoms with Gasteiger partial charge in [0.25, 0.3) is 0 Å². The molecule has 0 aromatic heterocycles. The van der Waals surface area contributed by atoms with E-state index in [1.165, 1.54) is 54.6 Å². The summed E-state index contributed by atoms with van der Waals surface area (Å²) in [5.74, 6) is -6.88. The average molecular weight is 973 g/mol. The Morgan fingerprint density at radius 2 is 1.00 bits per heavy atom. The lowest BCUT2D eigenvalue weighted by Crippen LogP contribution is -2.30. The molecule has 0 aliphatic heterocycles. The molecule has 0 unspecified atom stereocenters. The van der Waals surface area contributed by atoms with E-state index in [0.29, 0.717) is 77.0 Å². The van der Waals surface area contributed by atoms with E-state index in [0.717, 1.165) is 19.3 Å². The normalized spacial score (nSPS) is 17.7. The highest BCUT2D eigenvalue weighted by molar-refractivity contribution is 5.94. The lowest BCUT2D eigenvalue weighted by atomic mass is 9.82. The number of ether oxygens (including phenoxy) is 9. The van der Waals surface area contributed by atoms with Gasteiger partial charge >= 0.3 is 53.7 Å². The minimum Gasteiger partial charge on any atom is -0.465 e. The van der Waals surface area contributed by atoms with Crippen LogP contribution in [0.4, 0.5) is 0 Å². The summed E-state index contributed by atoms with van der Waals surface area (Å²) in [6.45, 7) is 8.88. The van der Waals surface area contributed by atoms with Crippen LogP contribution in [0.2, 0.25) is 0 Å². The third-order valence-electron chi connectivity index (χ3n) is 11.4. The fourth-order valence-electron chi connectivity index (χ4n) is 7.38. The molecular formula is C52H60O18. The highest BCUT2D eigenvalue weighted by Crippen LogP contribution is 2.34. The van der Waals surface area contributed by atoms with Crippen molar-refractivity contribution < 1.29 is 85.8 Å². The summed E-state index contributed by atoms with van der Waals surface area (Å²) in [6, 6.07) is 9.93. The quantitative estimate of drug-likeness (QED) is 0.0237. The zero-order chi connectivity index (χ0) is 50.8. The largest absolute Gasteiger partial charge is 0.465 e. The van der Waals surface area contributed by atoms with Crippen molar-refractivity contribution in [1.82, 2.24) is 0 Å². The Hall–Kier alpha value is -7.37. The first-order valence-corrected chi connectivity index (χ1v) is 23.2. The molecule has 0 atom stereocenters. The second-order valence-electron chi connectivity index (χ2n) is 16.2. The number of carbonyl (C=O) groups is 9. The maximum atomic E-state index is 13.3. The van der Waals surface area contributed by atoms with E-state index in [1.54, 1.807) is 13.0 Å². The molecule has 0 amide bonds. The van der Waals surface area contributed by atoms with Crippen LogP contribution in [0.5, 0.6) is 17.2 Å². The van der Waals surface area contributed by atoms with Crippen LogP contribution in [0, 0.1) is 23.7 Å². The van der Waals surface area contributed by atoms with Crippen molar-refractivity contribution in [2.75, 3.05) is 40.1 Å². The van der Waals surface area contributed by atoms with Crippen LogP contribution in [0.15, 0.2) is 91.6 Å². The molecule has 0 heterocycles. The Morgan fingerprint density at radius 3 is 1.50 bits per heavy atom. The Balaban J connectivity index is 1.16. The Labute approximate surface area is 406 Å². The van der Waals surface area contributed by atoms with Crippen LogP contribution in [0.3, 0.4) is 0 Å². The number of rotatable bonds is 25. The molecule has 0 N–H and O–H groups in total. The van der Waals surface area contributed by atoms with Crippen molar-refractivity contribution in [3.05, 3.63) is 103 Å². The van der Waals surface area contributed by atoms with Gasteiger partial charge in [-0.2, -0.15) is 0 Å². The predicted molar refractivity (Wildman–Crippen MR) is 248 cm³/mol. The molecule has 0 spiro atoms. The van der Waals surface area contributed by atoms with Gasteiger partial charge in [-0.05, 0) is 139 Å². The second kappa shape index (κ2) is 29.5. The number of hydrogen-bond acceptors (Lipinski definition) is 18. The number of hydrogen-bond donors (Lipinski definition) is 0. The first-order chi connectivity index (χ1) is 33.8. The lowest BCUT2D eigenvalue weighted by molar-refractivity contribution is -0.151. The smallest absolute Gasteiger partial charge is 0.341 e. The third kappa shape index (κ3) is 18.3. The van der Waals surface area contributed by atoms with Gasteiger partial charge < -0.3 is 42.6 Å². The number of methoxy groups -OCH3 is 1. The highest BCUT2D eigenvalue weighted by atomic mass is 16.6. The highest BCUT2D eigenvalue weighted by Gasteiger charge is 2.34. The van der Waals surface area contributed by atoms with Gasteiger partial charge in [-0.1, -0.05) is 19.2 Å². The Morgan fingerprint density at radius 1 is 0.543 bits per heavy atom.